The number of aromatic nitrogens is 2. The van der Waals surface area contributed by atoms with E-state index < -0.39 is 0 Å². The van der Waals surface area contributed by atoms with E-state index in [0.717, 1.165) is 32.7 Å². The lowest BCUT2D eigenvalue weighted by atomic mass is 10.2. The van der Waals surface area contributed by atoms with Gasteiger partial charge in [-0.2, -0.15) is 0 Å². The van der Waals surface area contributed by atoms with Crippen molar-refractivity contribution in [3.8, 4) is 0 Å². The molecule has 1 aromatic rings. The van der Waals surface area contributed by atoms with Gasteiger partial charge < -0.3 is 14.6 Å². The smallest absolute Gasteiger partial charge is 0.0946 e. The Kier molecular flexibility index (Phi) is 4.17. The van der Waals surface area contributed by atoms with Gasteiger partial charge in [0, 0.05) is 32.1 Å². The number of hydrogen-bond acceptors (Lipinski definition) is 3. The molecule has 0 aromatic carbocycles. The van der Waals surface area contributed by atoms with E-state index in [0.29, 0.717) is 6.10 Å². The van der Waals surface area contributed by atoms with Crippen molar-refractivity contribution in [2.45, 2.75) is 31.9 Å². The minimum atomic E-state index is 0.505. The Morgan fingerprint density at radius 2 is 2.47 bits per heavy atom. The van der Waals surface area contributed by atoms with Crippen molar-refractivity contribution in [3.05, 3.63) is 18.7 Å². The van der Waals surface area contributed by atoms with Crippen LogP contribution in [0.1, 0.15) is 19.3 Å². The van der Waals surface area contributed by atoms with Crippen LogP contribution in [0.2, 0.25) is 0 Å². The summed E-state index contributed by atoms with van der Waals surface area (Å²) < 4.78 is 7.63. The highest BCUT2D eigenvalue weighted by Crippen LogP contribution is 2.14. The Hall–Kier alpha value is -0.870. The average Bonchev–Trinajstić information content (AvgIpc) is 2.88. The summed E-state index contributed by atoms with van der Waals surface area (Å²) in [5.74, 6) is 0. The molecule has 1 unspecified atom stereocenters. The summed E-state index contributed by atoms with van der Waals surface area (Å²) in [5.41, 5.74) is 0. The highest BCUT2D eigenvalue weighted by Gasteiger charge is 2.13. The molecule has 0 saturated carbocycles. The monoisotopic (exact) mass is 209 g/mol. The van der Waals surface area contributed by atoms with Gasteiger partial charge in [-0.05, 0) is 25.8 Å². The zero-order valence-electron chi connectivity index (χ0n) is 9.06. The third kappa shape index (κ3) is 3.64. The van der Waals surface area contributed by atoms with E-state index in [1.165, 1.54) is 12.8 Å². The summed E-state index contributed by atoms with van der Waals surface area (Å²) in [7, 11) is 0. The Labute approximate surface area is 90.6 Å². The second kappa shape index (κ2) is 5.88. The fraction of sp³-hybridized carbons (Fsp3) is 0.727. The van der Waals surface area contributed by atoms with Gasteiger partial charge in [0.05, 0.1) is 12.4 Å². The van der Waals surface area contributed by atoms with Crippen molar-refractivity contribution >= 4 is 0 Å². The molecule has 1 atom stereocenters. The average molecular weight is 209 g/mol. The van der Waals surface area contributed by atoms with Gasteiger partial charge in [0.25, 0.3) is 0 Å². The maximum Gasteiger partial charge on any atom is 0.0946 e. The SMILES string of the molecule is c1cn(CCNCCC2CCCO2)cn1. The largest absolute Gasteiger partial charge is 0.378 e. The molecule has 4 nitrogen and oxygen atoms in total. The Bertz CT molecular complexity index is 255. The maximum absolute atomic E-state index is 5.55. The first-order valence-corrected chi connectivity index (χ1v) is 5.73. The molecule has 0 amide bonds. The molecule has 1 N–H and O–H groups in total. The number of rotatable bonds is 6. The van der Waals surface area contributed by atoms with E-state index in [1.807, 2.05) is 18.7 Å². The van der Waals surface area contributed by atoms with E-state index in [-0.39, 0.29) is 0 Å². The number of ether oxygens (including phenoxy) is 1. The minimum Gasteiger partial charge on any atom is -0.378 e. The highest BCUT2D eigenvalue weighted by atomic mass is 16.5. The van der Waals surface area contributed by atoms with Gasteiger partial charge in [0.15, 0.2) is 0 Å². The molecule has 0 aliphatic carbocycles. The number of hydrogen-bond donors (Lipinski definition) is 1. The lowest BCUT2D eigenvalue weighted by Crippen LogP contribution is -2.23. The number of nitrogens with zero attached hydrogens (tertiary/aromatic N) is 2. The van der Waals surface area contributed by atoms with E-state index in [4.69, 9.17) is 4.74 Å². The van der Waals surface area contributed by atoms with Crippen molar-refractivity contribution in [2.24, 2.45) is 0 Å². The molecule has 0 radical (unpaired) electrons. The summed E-state index contributed by atoms with van der Waals surface area (Å²) in [6, 6.07) is 0. The molecule has 0 spiro atoms. The number of nitrogens with one attached hydrogen (secondary N) is 1. The molecule has 2 rings (SSSR count). The second-order valence-corrected chi connectivity index (χ2v) is 3.97. The van der Waals surface area contributed by atoms with Crippen molar-refractivity contribution in [2.75, 3.05) is 19.7 Å². The molecular weight excluding hydrogens is 190 g/mol. The second-order valence-electron chi connectivity index (χ2n) is 3.97. The minimum absolute atomic E-state index is 0.505. The molecule has 84 valence electrons. The van der Waals surface area contributed by atoms with Gasteiger partial charge in [-0.1, -0.05) is 0 Å². The Morgan fingerprint density at radius 1 is 1.47 bits per heavy atom. The molecule has 2 heterocycles. The van der Waals surface area contributed by atoms with E-state index in [1.54, 1.807) is 0 Å². The summed E-state index contributed by atoms with van der Waals surface area (Å²) in [4.78, 5) is 4.00. The third-order valence-electron chi connectivity index (χ3n) is 2.77. The van der Waals surface area contributed by atoms with Gasteiger partial charge >= 0.3 is 0 Å². The van der Waals surface area contributed by atoms with Crippen molar-refractivity contribution in [1.82, 2.24) is 14.9 Å². The van der Waals surface area contributed by atoms with Crippen molar-refractivity contribution in [3.63, 3.8) is 0 Å². The molecule has 1 saturated heterocycles. The van der Waals surface area contributed by atoms with Crippen LogP contribution in [0, 0.1) is 0 Å². The molecule has 0 bridgehead atoms. The lowest BCUT2D eigenvalue weighted by Gasteiger charge is -2.09. The van der Waals surface area contributed by atoms with Gasteiger partial charge in [-0.25, -0.2) is 4.98 Å². The van der Waals surface area contributed by atoms with Gasteiger partial charge in [-0.3, -0.25) is 0 Å². The highest BCUT2D eigenvalue weighted by molar-refractivity contribution is 4.74. The summed E-state index contributed by atoms with van der Waals surface area (Å²) in [6.07, 6.45) is 9.77. The quantitative estimate of drug-likeness (QED) is 0.712. The summed E-state index contributed by atoms with van der Waals surface area (Å²) >= 11 is 0. The topological polar surface area (TPSA) is 39.1 Å². The Balaban J connectivity index is 1.48. The summed E-state index contributed by atoms with van der Waals surface area (Å²) in [6.45, 7) is 4.01. The predicted octanol–water partition coefficient (Wildman–Crippen LogP) is 1.04. The first kappa shape index (κ1) is 10.6. The molecule has 1 aliphatic rings. The summed E-state index contributed by atoms with van der Waals surface area (Å²) in [5, 5.41) is 3.42. The van der Waals surface area contributed by atoms with E-state index in [2.05, 4.69) is 14.9 Å². The molecule has 1 fully saturated rings. The van der Waals surface area contributed by atoms with Gasteiger partial charge in [-0.15, -0.1) is 0 Å². The van der Waals surface area contributed by atoms with Gasteiger partial charge in [0.1, 0.15) is 0 Å². The molecule has 1 aliphatic heterocycles. The lowest BCUT2D eigenvalue weighted by molar-refractivity contribution is 0.104. The van der Waals surface area contributed by atoms with Crippen LogP contribution in [0.5, 0.6) is 0 Å². The predicted molar refractivity (Wildman–Crippen MR) is 58.7 cm³/mol. The van der Waals surface area contributed by atoms with E-state index >= 15 is 0 Å². The van der Waals surface area contributed by atoms with Crippen LogP contribution in [-0.4, -0.2) is 35.4 Å². The molecule has 4 heteroatoms. The standard InChI is InChI=1S/C11H19N3O/c1-2-11(15-9-1)3-4-12-5-7-14-8-6-13-10-14/h6,8,10-12H,1-5,7,9H2. The number of imidazole rings is 1. The fourth-order valence-corrected chi connectivity index (χ4v) is 1.89. The van der Waals surface area contributed by atoms with Crippen LogP contribution >= 0.6 is 0 Å². The zero-order chi connectivity index (χ0) is 10.3. The normalized spacial score (nSPS) is 20.9. The third-order valence-corrected chi connectivity index (χ3v) is 2.77. The van der Waals surface area contributed by atoms with Crippen LogP contribution < -0.4 is 5.32 Å². The Morgan fingerprint density at radius 3 is 3.20 bits per heavy atom. The molecular formula is C11H19N3O. The zero-order valence-corrected chi connectivity index (χ0v) is 9.06. The van der Waals surface area contributed by atoms with Crippen LogP contribution in [0.25, 0.3) is 0 Å². The van der Waals surface area contributed by atoms with Gasteiger partial charge in [0.2, 0.25) is 0 Å². The van der Waals surface area contributed by atoms with Crippen LogP contribution in [0.4, 0.5) is 0 Å². The van der Waals surface area contributed by atoms with E-state index in [9.17, 15) is 0 Å². The fourth-order valence-electron chi connectivity index (χ4n) is 1.89. The van der Waals surface area contributed by atoms with Crippen LogP contribution in [0.3, 0.4) is 0 Å². The first-order chi connectivity index (χ1) is 7.45. The van der Waals surface area contributed by atoms with Crippen LogP contribution in [0.15, 0.2) is 18.7 Å². The molecule has 1 aromatic heterocycles. The van der Waals surface area contributed by atoms with Crippen molar-refractivity contribution in [1.29, 1.82) is 0 Å². The van der Waals surface area contributed by atoms with Crippen LogP contribution in [-0.2, 0) is 11.3 Å². The molecule has 15 heavy (non-hydrogen) atoms. The van der Waals surface area contributed by atoms with Crippen molar-refractivity contribution < 1.29 is 4.74 Å². The maximum atomic E-state index is 5.55. The first-order valence-electron chi connectivity index (χ1n) is 5.73.